The maximum Gasteiger partial charge on any atom is 0.490 e. The van der Waals surface area contributed by atoms with E-state index in [-0.39, 0.29) is 41.7 Å². The molecule has 0 saturated carbocycles. The summed E-state index contributed by atoms with van der Waals surface area (Å²) < 4.78 is 127. The minimum absolute atomic E-state index is 0. The van der Waals surface area contributed by atoms with Crippen molar-refractivity contribution < 1.29 is 134 Å². The Morgan fingerprint density at radius 2 is 0.552 bits per heavy atom. The van der Waals surface area contributed by atoms with Crippen molar-refractivity contribution in [2.45, 2.75) is 24.7 Å². The van der Waals surface area contributed by atoms with E-state index < -0.39 is 48.6 Å². The first kappa shape index (κ1) is 38.1. The van der Waals surface area contributed by atoms with Crippen LogP contribution in [0.3, 0.4) is 0 Å². The number of aliphatic carboxylic acids is 4. The minimum atomic E-state index is -5.19. The number of rotatable bonds is 0. The van der Waals surface area contributed by atoms with Crippen molar-refractivity contribution in [3.63, 3.8) is 0 Å². The zero-order chi connectivity index (χ0) is 24.3. The number of alkyl halides is 12. The molecule has 0 aliphatic heterocycles. The fraction of sp³-hybridized carbons (Fsp3) is 0.500. The van der Waals surface area contributed by atoms with E-state index in [9.17, 15) is 52.7 Å². The van der Waals surface area contributed by atoms with E-state index in [0.717, 1.165) is 0 Å². The first-order valence-corrected chi connectivity index (χ1v) is 4.96. The van der Waals surface area contributed by atoms with Crippen LogP contribution in [-0.2, 0) is 19.2 Å². The summed E-state index contributed by atoms with van der Waals surface area (Å²) in [5, 5.41) is 30.2. The van der Waals surface area contributed by atoms with Gasteiger partial charge in [-0.2, -0.15) is 52.7 Å². The SMILES string of the molecule is O=C(O)C(F)(F)F.O=C(O)C(F)(F)F.O=C(O)C(F)(F)F.O=C([O-])C(F)(F)F.[Ce]. The van der Waals surface area contributed by atoms with Gasteiger partial charge in [-0.1, -0.05) is 0 Å². The first-order valence-electron chi connectivity index (χ1n) is 4.96. The quantitative estimate of drug-likeness (QED) is 0.354. The summed E-state index contributed by atoms with van der Waals surface area (Å²) in [4.78, 5) is 35.5. The first-order chi connectivity index (χ1) is 11.8. The van der Waals surface area contributed by atoms with Gasteiger partial charge in [0.25, 0.3) is 0 Å². The van der Waals surface area contributed by atoms with Crippen molar-refractivity contribution in [3.05, 3.63) is 0 Å². The van der Waals surface area contributed by atoms with E-state index in [1.54, 1.807) is 0 Å². The number of carboxylic acid groups (broad SMARTS) is 4. The normalized spacial score (nSPS) is 10.9. The maximum atomic E-state index is 10.6. The summed E-state index contributed by atoms with van der Waals surface area (Å²) in [7, 11) is 0. The fourth-order valence-corrected chi connectivity index (χ4v) is 0. The van der Waals surface area contributed by atoms with Crippen LogP contribution in [0.25, 0.3) is 0 Å². The van der Waals surface area contributed by atoms with Crippen LogP contribution in [0.5, 0.6) is 0 Å². The minimum Gasteiger partial charge on any atom is -0.542 e. The number of carbonyl (C=O) groups excluding carboxylic acids is 1. The van der Waals surface area contributed by atoms with E-state index in [0.29, 0.717) is 0 Å². The van der Waals surface area contributed by atoms with Crippen LogP contribution in [-0.4, -0.2) is 63.9 Å². The summed E-state index contributed by atoms with van der Waals surface area (Å²) in [5.74, 6) is -11.3. The number of hydrogen-bond donors (Lipinski definition) is 3. The topological polar surface area (TPSA) is 152 Å². The van der Waals surface area contributed by atoms with Gasteiger partial charge in [0.15, 0.2) is 0 Å². The second-order valence-electron chi connectivity index (χ2n) is 3.19. The molecule has 0 fully saturated rings. The molecule has 0 atom stereocenters. The van der Waals surface area contributed by atoms with Gasteiger partial charge < -0.3 is 25.2 Å². The van der Waals surface area contributed by atoms with Gasteiger partial charge in [-0.05, 0) is 0 Å². The van der Waals surface area contributed by atoms with Crippen molar-refractivity contribution in [2.75, 3.05) is 0 Å². The molecule has 0 aliphatic rings. The van der Waals surface area contributed by atoms with Crippen LogP contribution in [0.15, 0.2) is 0 Å². The van der Waals surface area contributed by atoms with Gasteiger partial charge in [0.05, 0.1) is 0 Å². The Morgan fingerprint density at radius 1 is 0.483 bits per heavy atom. The third-order valence-electron chi connectivity index (χ3n) is 0.959. The van der Waals surface area contributed by atoms with E-state index in [4.69, 9.17) is 39.6 Å². The molecule has 0 heterocycles. The van der Waals surface area contributed by atoms with Crippen LogP contribution in [0.1, 0.15) is 0 Å². The molecular formula is C8H3CeF12O8-. The van der Waals surface area contributed by atoms with Crippen LogP contribution in [0, 0.1) is 41.7 Å². The molecule has 172 valence electrons. The molecule has 0 bridgehead atoms. The number of carbonyl (C=O) groups is 4. The Hall–Kier alpha value is -1.58. The molecule has 21 heteroatoms. The van der Waals surface area contributed by atoms with Gasteiger partial charge in [-0.25, -0.2) is 14.4 Å². The van der Waals surface area contributed by atoms with E-state index in [1.165, 1.54) is 0 Å². The van der Waals surface area contributed by atoms with Gasteiger partial charge in [0.2, 0.25) is 0 Å². The molecule has 0 saturated heterocycles. The van der Waals surface area contributed by atoms with Gasteiger partial charge in [0.1, 0.15) is 5.97 Å². The van der Waals surface area contributed by atoms with Crippen molar-refractivity contribution in [3.8, 4) is 0 Å². The Balaban J connectivity index is -0.0000000873. The van der Waals surface area contributed by atoms with Crippen LogP contribution in [0.2, 0.25) is 0 Å². The molecule has 8 nitrogen and oxygen atoms in total. The van der Waals surface area contributed by atoms with Gasteiger partial charge >= 0.3 is 42.6 Å². The molecule has 0 aromatic carbocycles. The van der Waals surface area contributed by atoms with Gasteiger partial charge in [-0.3, -0.25) is 0 Å². The Morgan fingerprint density at radius 3 is 0.552 bits per heavy atom. The smallest absolute Gasteiger partial charge is 0.490 e. The molecule has 0 aromatic heterocycles. The van der Waals surface area contributed by atoms with Crippen LogP contribution in [0.4, 0.5) is 52.7 Å². The Bertz CT molecular complexity index is 436. The molecular weight excluding hydrogens is 592 g/mol. The Kier molecular flexibility index (Phi) is 18.9. The summed E-state index contributed by atoms with van der Waals surface area (Å²) in [6.07, 6.45) is -20.4. The zero-order valence-electron chi connectivity index (χ0n) is 12.4. The predicted molar refractivity (Wildman–Crippen MR) is 52.1 cm³/mol. The third-order valence-corrected chi connectivity index (χ3v) is 0.959. The summed E-state index contributed by atoms with van der Waals surface area (Å²) in [5.41, 5.74) is 0. The van der Waals surface area contributed by atoms with Gasteiger partial charge in [-0.15, -0.1) is 0 Å². The second-order valence-corrected chi connectivity index (χ2v) is 3.19. The molecule has 0 aromatic rings. The largest absolute Gasteiger partial charge is 0.542 e. The number of hydrogen-bond acceptors (Lipinski definition) is 5. The van der Waals surface area contributed by atoms with Gasteiger partial charge in [0, 0.05) is 41.7 Å². The van der Waals surface area contributed by atoms with Crippen molar-refractivity contribution in [1.29, 1.82) is 0 Å². The van der Waals surface area contributed by atoms with Crippen molar-refractivity contribution in [2.24, 2.45) is 0 Å². The van der Waals surface area contributed by atoms with E-state index >= 15 is 0 Å². The zero-order valence-corrected chi connectivity index (χ0v) is 15.6. The molecule has 0 rings (SSSR count). The Labute approximate surface area is 182 Å². The second kappa shape index (κ2) is 14.4. The van der Waals surface area contributed by atoms with E-state index in [1.807, 2.05) is 0 Å². The van der Waals surface area contributed by atoms with Crippen LogP contribution < -0.4 is 5.11 Å². The monoisotopic (exact) mass is 595 g/mol. The summed E-state index contributed by atoms with van der Waals surface area (Å²) in [6, 6.07) is 0. The fourth-order valence-electron chi connectivity index (χ4n) is 0. The van der Waals surface area contributed by atoms with Crippen molar-refractivity contribution >= 4 is 23.9 Å². The standard InChI is InChI=1S/4C2HF3O2.Ce/c4*3-2(4,5)1(6)7;/h4*(H,6,7);/p-1. The molecule has 0 unspecified atom stereocenters. The summed E-state index contributed by atoms with van der Waals surface area (Å²) in [6.45, 7) is 0. The van der Waals surface area contributed by atoms with Crippen molar-refractivity contribution in [1.82, 2.24) is 0 Å². The number of carboxylic acids is 4. The average Bonchev–Trinajstić information content (AvgIpc) is 2.35. The van der Waals surface area contributed by atoms with E-state index in [2.05, 4.69) is 0 Å². The third kappa shape index (κ3) is 31.3. The van der Waals surface area contributed by atoms with Crippen LogP contribution >= 0.6 is 0 Å². The molecule has 0 aliphatic carbocycles. The molecule has 0 radical (unpaired) electrons. The number of halogens is 12. The molecule has 3 N–H and O–H groups in total. The predicted octanol–water partition coefficient (Wildman–Crippen LogP) is 1.20. The maximum absolute atomic E-state index is 10.6. The molecule has 0 spiro atoms. The molecule has 0 amide bonds. The summed E-state index contributed by atoms with van der Waals surface area (Å²) >= 11 is 0. The molecule has 29 heavy (non-hydrogen) atoms. The average molecular weight is 595 g/mol.